The van der Waals surface area contributed by atoms with Crippen LogP contribution in [-0.4, -0.2) is 33.7 Å². The molecular weight excluding hydrogens is 258 g/mol. The van der Waals surface area contributed by atoms with Gasteiger partial charge in [-0.2, -0.15) is 0 Å². The van der Waals surface area contributed by atoms with Crippen molar-refractivity contribution in [2.24, 2.45) is 13.0 Å². The van der Waals surface area contributed by atoms with Crippen molar-refractivity contribution in [3.8, 4) is 0 Å². The molecule has 0 saturated carbocycles. The van der Waals surface area contributed by atoms with E-state index in [0.29, 0.717) is 25.5 Å². The van der Waals surface area contributed by atoms with Gasteiger partial charge in [-0.1, -0.05) is 0 Å². The predicted molar refractivity (Wildman–Crippen MR) is 74.1 cm³/mol. The van der Waals surface area contributed by atoms with Gasteiger partial charge in [0.25, 0.3) is 5.56 Å². The van der Waals surface area contributed by atoms with Crippen LogP contribution >= 0.6 is 0 Å². The Kier molecular flexibility index (Phi) is 3.23. The van der Waals surface area contributed by atoms with Crippen LogP contribution in [0.1, 0.15) is 30.5 Å². The lowest BCUT2D eigenvalue weighted by Crippen LogP contribution is -2.34. The molecule has 6 heteroatoms. The highest BCUT2D eigenvalue weighted by Gasteiger charge is 2.31. The highest BCUT2D eigenvalue weighted by molar-refractivity contribution is 5.71. The second-order valence-electron chi connectivity index (χ2n) is 5.68. The lowest BCUT2D eigenvalue weighted by atomic mass is 9.97. The average Bonchev–Trinajstić information content (AvgIpc) is 2.92. The summed E-state index contributed by atoms with van der Waals surface area (Å²) in [7, 11) is 1.73. The zero-order valence-electron chi connectivity index (χ0n) is 11.6. The maximum Gasteiger partial charge on any atom is 0.308 e. The smallest absolute Gasteiger partial charge is 0.308 e. The van der Waals surface area contributed by atoms with E-state index >= 15 is 0 Å². The molecule has 2 heterocycles. The van der Waals surface area contributed by atoms with Crippen LogP contribution in [0.5, 0.6) is 0 Å². The zero-order chi connectivity index (χ0) is 14.3. The quantitative estimate of drug-likeness (QED) is 0.855. The van der Waals surface area contributed by atoms with Gasteiger partial charge in [0.15, 0.2) is 0 Å². The number of rotatable bonds is 2. The Balaban J connectivity index is 1.97. The average molecular weight is 277 g/mol. The molecule has 0 aromatic carbocycles. The summed E-state index contributed by atoms with van der Waals surface area (Å²) >= 11 is 0. The van der Waals surface area contributed by atoms with E-state index < -0.39 is 5.97 Å². The summed E-state index contributed by atoms with van der Waals surface area (Å²) in [6, 6.07) is 0. The molecule has 6 nitrogen and oxygen atoms in total. The third kappa shape index (κ3) is 2.09. The van der Waals surface area contributed by atoms with Gasteiger partial charge in [0.05, 0.1) is 11.6 Å². The normalized spacial score (nSPS) is 21.9. The molecule has 1 N–H and O–H groups in total. The van der Waals surface area contributed by atoms with Crippen molar-refractivity contribution in [2.75, 3.05) is 18.0 Å². The first-order valence-corrected chi connectivity index (χ1v) is 7.14. The summed E-state index contributed by atoms with van der Waals surface area (Å²) in [6.07, 6.45) is 4.41. The molecule has 20 heavy (non-hydrogen) atoms. The third-order valence-electron chi connectivity index (χ3n) is 4.36. The van der Waals surface area contributed by atoms with E-state index in [-0.39, 0.29) is 11.5 Å². The number of anilines is 1. The lowest BCUT2D eigenvalue weighted by Gasteiger charge is -2.23. The SMILES string of the molecule is Cn1c(N2CCC(C(=O)O)C2)nc2c(c1=O)CCCC2. The lowest BCUT2D eigenvalue weighted by molar-refractivity contribution is -0.140. The Morgan fingerprint density at radius 2 is 2.10 bits per heavy atom. The molecule has 1 aromatic heterocycles. The molecule has 1 unspecified atom stereocenters. The molecule has 1 aliphatic heterocycles. The Labute approximate surface area is 117 Å². The largest absolute Gasteiger partial charge is 0.481 e. The van der Waals surface area contributed by atoms with Crippen LogP contribution in [0, 0.1) is 5.92 Å². The number of hydrogen-bond donors (Lipinski definition) is 1. The van der Waals surface area contributed by atoms with Gasteiger partial charge in [0.1, 0.15) is 0 Å². The molecule has 3 rings (SSSR count). The van der Waals surface area contributed by atoms with Crippen LogP contribution in [-0.2, 0) is 24.7 Å². The number of aryl methyl sites for hydroxylation is 1. The highest BCUT2D eigenvalue weighted by atomic mass is 16.4. The Morgan fingerprint density at radius 1 is 1.35 bits per heavy atom. The molecule has 1 aliphatic carbocycles. The van der Waals surface area contributed by atoms with E-state index in [4.69, 9.17) is 5.11 Å². The number of fused-ring (bicyclic) bond motifs is 1. The van der Waals surface area contributed by atoms with Crippen LogP contribution in [0.4, 0.5) is 5.95 Å². The fourth-order valence-corrected chi connectivity index (χ4v) is 3.16. The maximum atomic E-state index is 12.4. The first-order chi connectivity index (χ1) is 9.58. The summed E-state index contributed by atoms with van der Waals surface area (Å²) in [6.45, 7) is 1.09. The fraction of sp³-hybridized carbons (Fsp3) is 0.643. The van der Waals surface area contributed by atoms with Crippen LogP contribution < -0.4 is 10.5 Å². The summed E-state index contributed by atoms with van der Waals surface area (Å²) in [5, 5.41) is 9.08. The molecule has 0 radical (unpaired) electrons. The van der Waals surface area contributed by atoms with Crippen molar-refractivity contribution in [1.29, 1.82) is 0 Å². The number of carboxylic acid groups (broad SMARTS) is 1. The Morgan fingerprint density at radius 3 is 2.80 bits per heavy atom. The minimum atomic E-state index is -0.768. The third-order valence-corrected chi connectivity index (χ3v) is 4.36. The van der Waals surface area contributed by atoms with Crippen LogP contribution in [0.15, 0.2) is 4.79 Å². The van der Waals surface area contributed by atoms with Crippen molar-refractivity contribution in [3.63, 3.8) is 0 Å². The molecular formula is C14H19N3O3. The van der Waals surface area contributed by atoms with E-state index in [0.717, 1.165) is 36.9 Å². The van der Waals surface area contributed by atoms with E-state index in [1.807, 2.05) is 4.90 Å². The number of hydrogen-bond acceptors (Lipinski definition) is 4. The Bertz CT molecular complexity index is 608. The number of nitrogens with zero attached hydrogens (tertiary/aromatic N) is 3. The van der Waals surface area contributed by atoms with Crippen molar-refractivity contribution >= 4 is 11.9 Å². The van der Waals surface area contributed by atoms with Gasteiger partial charge < -0.3 is 10.0 Å². The molecule has 1 saturated heterocycles. The molecule has 1 aromatic rings. The Hall–Kier alpha value is -1.85. The van der Waals surface area contributed by atoms with Crippen LogP contribution in [0.25, 0.3) is 0 Å². The van der Waals surface area contributed by atoms with Gasteiger partial charge in [-0.05, 0) is 32.1 Å². The van der Waals surface area contributed by atoms with Gasteiger partial charge in [0, 0.05) is 25.7 Å². The van der Waals surface area contributed by atoms with Gasteiger partial charge >= 0.3 is 5.97 Å². The zero-order valence-corrected chi connectivity index (χ0v) is 11.6. The van der Waals surface area contributed by atoms with Crippen molar-refractivity contribution in [2.45, 2.75) is 32.1 Å². The molecule has 1 atom stereocenters. The monoisotopic (exact) mass is 277 g/mol. The number of aliphatic carboxylic acids is 1. The second-order valence-corrected chi connectivity index (χ2v) is 5.68. The number of aromatic nitrogens is 2. The number of carboxylic acids is 1. The predicted octanol–water partition coefficient (Wildman–Crippen LogP) is 0.570. The van der Waals surface area contributed by atoms with Crippen molar-refractivity contribution < 1.29 is 9.90 Å². The highest BCUT2D eigenvalue weighted by Crippen LogP contribution is 2.24. The first kappa shape index (κ1) is 13.1. The van der Waals surface area contributed by atoms with Gasteiger partial charge in [-0.25, -0.2) is 4.98 Å². The molecule has 0 spiro atoms. The summed E-state index contributed by atoms with van der Waals surface area (Å²) < 4.78 is 1.58. The summed E-state index contributed by atoms with van der Waals surface area (Å²) in [4.78, 5) is 30.0. The summed E-state index contributed by atoms with van der Waals surface area (Å²) in [5.41, 5.74) is 1.79. The van der Waals surface area contributed by atoms with E-state index in [9.17, 15) is 9.59 Å². The standard InChI is InChI=1S/C14H19N3O3/c1-16-12(18)10-4-2-3-5-11(10)15-14(16)17-7-6-9(8-17)13(19)20/h9H,2-8H2,1H3,(H,19,20). The van der Waals surface area contributed by atoms with Crippen LogP contribution in [0.3, 0.4) is 0 Å². The van der Waals surface area contributed by atoms with Crippen molar-refractivity contribution in [3.05, 3.63) is 21.6 Å². The van der Waals surface area contributed by atoms with Crippen molar-refractivity contribution in [1.82, 2.24) is 9.55 Å². The number of carbonyl (C=O) groups is 1. The van der Waals surface area contributed by atoms with Gasteiger partial charge in [-0.15, -0.1) is 0 Å². The molecule has 108 valence electrons. The van der Waals surface area contributed by atoms with Gasteiger partial charge in [-0.3, -0.25) is 14.2 Å². The first-order valence-electron chi connectivity index (χ1n) is 7.14. The minimum absolute atomic E-state index is 0.0310. The summed E-state index contributed by atoms with van der Waals surface area (Å²) in [5.74, 6) is -0.502. The van der Waals surface area contributed by atoms with Gasteiger partial charge in [0.2, 0.25) is 5.95 Å². The van der Waals surface area contributed by atoms with E-state index in [1.54, 1.807) is 11.6 Å². The molecule has 0 bridgehead atoms. The minimum Gasteiger partial charge on any atom is -0.481 e. The fourth-order valence-electron chi connectivity index (χ4n) is 3.16. The molecule has 0 amide bonds. The topological polar surface area (TPSA) is 75.4 Å². The maximum absolute atomic E-state index is 12.4. The molecule has 2 aliphatic rings. The van der Waals surface area contributed by atoms with Crippen LogP contribution in [0.2, 0.25) is 0 Å². The van der Waals surface area contributed by atoms with E-state index in [2.05, 4.69) is 4.98 Å². The van der Waals surface area contributed by atoms with E-state index in [1.165, 1.54) is 0 Å². The molecule has 1 fully saturated rings. The second kappa shape index (κ2) is 4.92.